The topological polar surface area (TPSA) is 71.3 Å². The number of nitro groups is 1. The van der Waals surface area contributed by atoms with Gasteiger partial charge in [0.2, 0.25) is 0 Å². The van der Waals surface area contributed by atoms with E-state index in [-0.39, 0.29) is 11.7 Å². The summed E-state index contributed by atoms with van der Waals surface area (Å²) in [6, 6.07) is 3.41. The molecule has 6 nitrogen and oxygen atoms in total. The molecule has 1 unspecified atom stereocenters. The summed E-state index contributed by atoms with van der Waals surface area (Å²) in [5, 5.41) is 13.8. The van der Waals surface area contributed by atoms with Gasteiger partial charge in [-0.05, 0) is 38.9 Å². The van der Waals surface area contributed by atoms with Gasteiger partial charge < -0.3 is 10.2 Å². The normalized spacial score (nSPS) is 17.6. The van der Waals surface area contributed by atoms with E-state index in [1.54, 1.807) is 6.07 Å². The van der Waals surface area contributed by atoms with Crippen molar-refractivity contribution in [1.82, 2.24) is 9.88 Å². The second kappa shape index (κ2) is 5.77. The average molecular weight is 250 g/mol. The fourth-order valence-corrected chi connectivity index (χ4v) is 2.23. The molecule has 0 bridgehead atoms. The zero-order valence-corrected chi connectivity index (χ0v) is 10.5. The second-order valence-corrected chi connectivity index (χ2v) is 4.71. The maximum Gasteiger partial charge on any atom is 0.287 e. The average Bonchev–Trinajstić information content (AvgIpc) is 2.82. The molecule has 1 fully saturated rings. The highest BCUT2D eigenvalue weighted by Crippen LogP contribution is 2.13. The van der Waals surface area contributed by atoms with Gasteiger partial charge in [0.1, 0.15) is 12.0 Å². The summed E-state index contributed by atoms with van der Waals surface area (Å²) in [7, 11) is 0. The van der Waals surface area contributed by atoms with E-state index in [2.05, 4.69) is 22.1 Å². The standard InChI is InChI=1S/C12H18N4O2/c1-10(9-15-6-2-3-7-15)14-12-5-4-11(8-13-12)16(17)18/h4-5,8,10H,2-3,6-7,9H2,1H3,(H,13,14). The molecular formula is C12H18N4O2. The Bertz CT molecular complexity index is 401. The van der Waals surface area contributed by atoms with Crippen molar-refractivity contribution in [1.29, 1.82) is 0 Å². The van der Waals surface area contributed by atoms with E-state index in [1.165, 1.54) is 38.2 Å². The fraction of sp³-hybridized carbons (Fsp3) is 0.583. The van der Waals surface area contributed by atoms with E-state index in [9.17, 15) is 10.1 Å². The molecule has 0 aromatic carbocycles. The molecule has 98 valence electrons. The summed E-state index contributed by atoms with van der Waals surface area (Å²) in [6.45, 7) is 5.42. The number of pyridine rings is 1. The van der Waals surface area contributed by atoms with Gasteiger partial charge in [-0.2, -0.15) is 0 Å². The first-order valence-electron chi connectivity index (χ1n) is 6.24. The van der Waals surface area contributed by atoms with Crippen molar-refractivity contribution in [2.24, 2.45) is 0 Å². The van der Waals surface area contributed by atoms with Crippen LogP contribution < -0.4 is 5.32 Å². The van der Waals surface area contributed by atoms with Crippen LogP contribution >= 0.6 is 0 Å². The van der Waals surface area contributed by atoms with Crippen LogP contribution in [0.1, 0.15) is 19.8 Å². The highest BCUT2D eigenvalue weighted by Gasteiger charge is 2.15. The minimum atomic E-state index is -0.440. The number of anilines is 1. The van der Waals surface area contributed by atoms with Crippen LogP contribution in [0.4, 0.5) is 11.5 Å². The van der Waals surface area contributed by atoms with Gasteiger partial charge in [0.25, 0.3) is 5.69 Å². The van der Waals surface area contributed by atoms with Crippen LogP contribution in [0.3, 0.4) is 0 Å². The van der Waals surface area contributed by atoms with Crippen molar-refractivity contribution < 1.29 is 4.92 Å². The fourth-order valence-electron chi connectivity index (χ4n) is 2.23. The van der Waals surface area contributed by atoms with Crippen LogP contribution in [-0.4, -0.2) is 40.5 Å². The van der Waals surface area contributed by atoms with Gasteiger partial charge in [-0.3, -0.25) is 10.1 Å². The smallest absolute Gasteiger partial charge is 0.287 e. The number of hydrogen-bond donors (Lipinski definition) is 1. The van der Waals surface area contributed by atoms with Gasteiger partial charge in [0.05, 0.1) is 4.92 Å². The van der Waals surface area contributed by atoms with E-state index in [0.29, 0.717) is 5.82 Å². The van der Waals surface area contributed by atoms with Crippen molar-refractivity contribution in [3.8, 4) is 0 Å². The highest BCUT2D eigenvalue weighted by molar-refractivity contribution is 5.40. The Labute approximate surface area is 106 Å². The van der Waals surface area contributed by atoms with E-state index < -0.39 is 4.92 Å². The maximum atomic E-state index is 10.5. The Balaban J connectivity index is 1.86. The number of rotatable bonds is 5. The van der Waals surface area contributed by atoms with Crippen LogP contribution in [0.5, 0.6) is 0 Å². The van der Waals surface area contributed by atoms with Gasteiger partial charge in [0, 0.05) is 18.7 Å². The lowest BCUT2D eigenvalue weighted by molar-refractivity contribution is -0.385. The Morgan fingerprint density at radius 1 is 1.50 bits per heavy atom. The molecule has 0 radical (unpaired) electrons. The van der Waals surface area contributed by atoms with Crippen molar-refractivity contribution in [3.63, 3.8) is 0 Å². The van der Waals surface area contributed by atoms with Crippen molar-refractivity contribution in [3.05, 3.63) is 28.4 Å². The molecule has 0 aliphatic carbocycles. The SMILES string of the molecule is CC(CN1CCCC1)Nc1ccc([N+](=O)[O-])cn1. The zero-order valence-electron chi connectivity index (χ0n) is 10.5. The second-order valence-electron chi connectivity index (χ2n) is 4.71. The van der Waals surface area contributed by atoms with Crippen molar-refractivity contribution in [2.75, 3.05) is 25.0 Å². The molecule has 6 heteroatoms. The van der Waals surface area contributed by atoms with Crippen molar-refractivity contribution in [2.45, 2.75) is 25.8 Å². The number of likely N-dealkylation sites (tertiary alicyclic amines) is 1. The Kier molecular flexibility index (Phi) is 4.09. The van der Waals surface area contributed by atoms with Gasteiger partial charge >= 0.3 is 0 Å². The predicted octanol–water partition coefficient (Wildman–Crippen LogP) is 1.89. The molecule has 1 aromatic heterocycles. The maximum absolute atomic E-state index is 10.5. The minimum Gasteiger partial charge on any atom is -0.366 e. The molecule has 1 saturated heterocycles. The Morgan fingerprint density at radius 2 is 2.22 bits per heavy atom. The van der Waals surface area contributed by atoms with Gasteiger partial charge in [-0.1, -0.05) is 0 Å². The molecule has 1 atom stereocenters. The Hall–Kier alpha value is -1.69. The first-order valence-corrected chi connectivity index (χ1v) is 6.24. The molecule has 2 rings (SSSR count). The first-order chi connectivity index (χ1) is 8.65. The van der Waals surface area contributed by atoms with Gasteiger partial charge in [-0.15, -0.1) is 0 Å². The summed E-state index contributed by atoms with van der Waals surface area (Å²) in [6.07, 6.45) is 3.84. The largest absolute Gasteiger partial charge is 0.366 e. The van der Waals surface area contributed by atoms with Crippen molar-refractivity contribution >= 4 is 11.5 Å². The highest BCUT2D eigenvalue weighted by atomic mass is 16.6. The lowest BCUT2D eigenvalue weighted by atomic mass is 10.3. The van der Waals surface area contributed by atoms with Crippen LogP contribution in [0.2, 0.25) is 0 Å². The summed E-state index contributed by atoms with van der Waals surface area (Å²) in [5.74, 6) is 0.687. The zero-order chi connectivity index (χ0) is 13.0. The molecule has 18 heavy (non-hydrogen) atoms. The number of nitrogens with zero attached hydrogens (tertiary/aromatic N) is 3. The lowest BCUT2D eigenvalue weighted by Crippen LogP contribution is -2.33. The molecule has 1 aliphatic rings. The quantitative estimate of drug-likeness (QED) is 0.638. The molecule has 2 heterocycles. The molecule has 0 amide bonds. The minimum absolute atomic E-state index is 0.0211. The molecule has 1 N–H and O–H groups in total. The van der Waals surface area contributed by atoms with Gasteiger partial charge in [-0.25, -0.2) is 4.98 Å². The summed E-state index contributed by atoms with van der Waals surface area (Å²) < 4.78 is 0. The van der Waals surface area contributed by atoms with E-state index in [1.807, 2.05) is 0 Å². The van der Waals surface area contributed by atoms with E-state index in [4.69, 9.17) is 0 Å². The number of nitrogens with one attached hydrogen (secondary N) is 1. The van der Waals surface area contributed by atoms with E-state index >= 15 is 0 Å². The Morgan fingerprint density at radius 3 is 2.78 bits per heavy atom. The third-order valence-corrected chi connectivity index (χ3v) is 3.08. The monoisotopic (exact) mass is 250 g/mol. The number of hydrogen-bond acceptors (Lipinski definition) is 5. The van der Waals surface area contributed by atoms with Crippen LogP contribution in [0, 0.1) is 10.1 Å². The van der Waals surface area contributed by atoms with Crippen LogP contribution in [-0.2, 0) is 0 Å². The predicted molar refractivity (Wildman–Crippen MR) is 69.7 cm³/mol. The first kappa shape index (κ1) is 12.8. The van der Waals surface area contributed by atoms with Crippen LogP contribution in [0.15, 0.2) is 18.3 Å². The summed E-state index contributed by atoms with van der Waals surface area (Å²) >= 11 is 0. The number of aromatic nitrogens is 1. The third-order valence-electron chi connectivity index (χ3n) is 3.08. The lowest BCUT2D eigenvalue weighted by Gasteiger charge is -2.21. The molecule has 0 saturated carbocycles. The van der Waals surface area contributed by atoms with Crippen LogP contribution in [0.25, 0.3) is 0 Å². The summed E-state index contributed by atoms with van der Waals surface area (Å²) in [4.78, 5) is 16.5. The van der Waals surface area contributed by atoms with E-state index in [0.717, 1.165) is 6.54 Å². The molecule has 1 aromatic rings. The molecule has 0 spiro atoms. The molecule has 1 aliphatic heterocycles. The molecular weight excluding hydrogens is 232 g/mol. The third kappa shape index (κ3) is 3.40. The van der Waals surface area contributed by atoms with Gasteiger partial charge in [0.15, 0.2) is 0 Å². The summed E-state index contributed by atoms with van der Waals surface area (Å²) in [5.41, 5.74) is 0.0211.